The number of anilines is 2. The maximum Gasteiger partial charge on any atom is 0.292 e. The normalized spacial score (nSPS) is 16.8. The second-order valence-electron chi connectivity index (χ2n) is 7.10. The lowest BCUT2D eigenvalue weighted by Gasteiger charge is -2.37. The van der Waals surface area contributed by atoms with Crippen LogP contribution in [0.1, 0.15) is 5.76 Å². The van der Waals surface area contributed by atoms with Crippen LogP contribution in [0.25, 0.3) is 0 Å². The summed E-state index contributed by atoms with van der Waals surface area (Å²) in [5.41, 5.74) is 0.805. The van der Waals surface area contributed by atoms with Crippen LogP contribution >= 0.6 is 0 Å². The quantitative estimate of drug-likeness (QED) is 0.424. The SMILES string of the molecule is O=[N+]([O-])c1ccc(N2CCNCC2S(=O)(=O)c2ccccc2)cc1NCc1ccco1. The molecule has 0 spiro atoms. The van der Waals surface area contributed by atoms with E-state index in [2.05, 4.69) is 10.6 Å². The molecule has 1 aliphatic heterocycles. The van der Waals surface area contributed by atoms with E-state index in [0.717, 1.165) is 0 Å². The lowest BCUT2D eigenvalue weighted by Crippen LogP contribution is -2.55. The van der Waals surface area contributed by atoms with Crippen molar-refractivity contribution in [3.8, 4) is 0 Å². The van der Waals surface area contributed by atoms with Crippen molar-refractivity contribution in [2.45, 2.75) is 16.8 Å². The Morgan fingerprint density at radius 3 is 2.68 bits per heavy atom. The lowest BCUT2D eigenvalue weighted by molar-refractivity contribution is -0.384. The lowest BCUT2D eigenvalue weighted by atomic mass is 10.2. The van der Waals surface area contributed by atoms with Gasteiger partial charge >= 0.3 is 0 Å². The van der Waals surface area contributed by atoms with Gasteiger partial charge < -0.3 is 20.0 Å². The average molecular weight is 442 g/mol. The summed E-state index contributed by atoms with van der Waals surface area (Å²) < 4.78 is 31.9. The predicted molar refractivity (Wildman–Crippen MR) is 117 cm³/mol. The second-order valence-corrected chi connectivity index (χ2v) is 9.21. The molecule has 2 N–H and O–H groups in total. The molecule has 0 radical (unpaired) electrons. The van der Waals surface area contributed by atoms with Gasteiger partial charge in [-0.1, -0.05) is 18.2 Å². The molecule has 1 atom stereocenters. The number of sulfone groups is 1. The average Bonchev–Trinajstić information content (AvgIpc) is 3.32. The Morgan fingerprint density at radius 1 is 1.16 bits per heavy atom. The monoisotopic (exact) mass is 442 g/mol. The molecule has 4 rings (SSSR count). The number of furan rings is 1. The van der Waals surface area contributed by atoms with Crippen LogP contribution in [-0.4, -0.2) is 38.3 Å². The Balaban J connectivity index is 1.67. The molecule has 3 aromatic rings. The van der Waals surface area contributed by atoms with Crippen molar-refractivity contribution in [2.24, 2.45) is 0 Å². The third-order valence-corrected chi connectivity index (χ3v) is 7.23. The third-order valence-electron chi connectivity index (χ3n) is 5.17. The Bertz CT molecular complexity index is 1150. The van der Waals surface area contributed by atoms with Crippen LogP contribution in [0.4, 0.5) is 17.1 Å². The molecule has 1 saturated heterocycles. The molecule has 0 amide bonds. The molecule has 0 saturated carbocycles. The van der Waals surface area contributed by atoms with Crippen molar-refractivity contribution in [2.75, 3.05) is 29.9 Å². The van der Waals surface area contributed by atoms with Gasteiger partial charge in [0.25, 0.3) is 5.69 Å². The van der Waals surface area contributed by atoms with E-state index in [-0.39, 0.29) is 23.7 Å². The van der Waals surface area contributed by atoms with Crippen LogP contribution in [0.15, 0.2) is 76.2 Å². The Kier molecular flexibility index (Phi) is 5.92. The van der Waals surface area contributed by atoms with Gasteiger partial charge in [0.05, 0.1) is 22.6 Å². The van der Waals surface area contributed by atoms with Gasteiger partial charge in [-0.25, -0.2) is 8.42 Å². The first kappa shape index (κ1) is 20.9. The molecule has 10 heteroatoms. The summed E-state index contributed by atoms with van der Waals surface area (Å²) in [6.07, 6.45) is 1.53. The fraction of sp³-hybridized carbons (Fsp3) is 0.238. The van der Waals surface area contributed by atoms with Crippen molar-refractivity contribution in [3.05, 3.63) is 82.8 Å². The highest BCUT2D eigenvalue weighted by Crippen LogP contribution is 2.33. The van der Waals surface area contributed by atoms with Gasteiger partial charge in [0.15, 0.2) is 0 Å². The largest absolute Gasteiger partial charge is 0.467 e. The smallest absolute Gasteiger partial charge is 0.292 e. The number of nitro groups is 1. The summed E-state index contributed by atoms with van der Waals surface area (Å²) in [5.74, 6) is 0.631. The van der Waals surface area contributed by atoms with Crippen LogP contribution in [0.3, 0.4) is 0 Å². The van der Waals surface area contributed by atoms with E-state index in [1.54, 1.807) is 59.5 Å². The Morgan fingerprint density at radius 2 is 1.97 bits per heavy atom. The molecule has 1 unspecified atom stereocenters. The van der Waals surface area contributed by atoms with Crippen molar-refractivity contribution in [1.82, 2.24) is 5.32 Å². The zero-order chi connectivity index (χ0) is 21.8. The van der Waals surface area contributed by atoms with Crippen LogP contribution in [0.2, 0.25) is 0 Å². The van der Waals surface area contributed by atoms with E-state index in [4.69, 9.17) is 4.42 Å². The molecule has 9 nitrogen and oxygen atoms in total. The van der Waals surface area contributed by atoms with Gasteiger partial charge in [-0.2, -0.15) is 0 Å². The van der Waals surface area contributed by atoms with Crippen LogP contribution < -0.4 is 15.5 Å². The maximum absolute atomic E-state index is 13.3. The summed E-state index contributed by atoms with van der Waals surface area (Å²) in [6.45, 7) is 1.58. The highest BCUT2D eigenvalue weighted by Gasteiger charge is 2.35. The molecular formula is C21H22N4O5S. The number of piperazine rings is 1. The summed E-state index contributed by atoms with van der Waals surface area (Å²) in [5, 5.41) is 16.8. The maximum atomic E-state index is 13.3. The molecule has 31 heavy (non-hydrogen) atoms. The number of hydrogen-bond donors (Lipinski definition) is 2. The van der Waals surface area contributed by atoms with Gasteiger partial charge in [0.2, 0.25) is 9.84 Å². The van der Waals surface area contributed by atoms with Gasteiger partial charge in [0.1, 0.15) is 16.8 Å². The van der Waals surface area contributed by atoms with E-state index >= 15 is 0 Å². The number of nitro benzene ring substituents is 1. The molecule has 162 valence electrons. The van der Waals surface area contributed by atoms with Crippen molar-refractivity contribution in [1.29, 1.82) is 0 Å². The van der Waals surface area contributed by atoms with Crippen LogP contribution in [0.5, 0.6) is 0 Å². The topological polar surface area (TPSA) is 118 Å². The molecule has 2 heterocycles. The van der Waals surface area contributed by atoms with Gasteiger partial charge in [-0.3, -0.25) is 10.1 Å². The van der Waals surface area contributed by atoms with E-state index in [1.165, 1.54) is 12.3 Å². The fourth-order valence-electron chi connectivity index (χ4n) is 3.62. The zero-order valence-electron chi connectivity index (χ0n) is 16.6. The summed E-state index contributed by atoms with van der Waals surface area (Å²) in [6, 6.07) is 16.4. The van der Waals surface area contributed by atoms with Crippen LogP contribution in [0, 0.1) is 10.1 Å². The van der Waals surface area contributed by atoms with E-state index in [0.29, 0.717) is 30.2 Å². The summed E-state index contributed by atoms with van der Waals surface area (Å²) in [4.78, 5) is 13.1. The Labute approximate surface area is 179 Å². The molecule has 2 aromatic carbocycles. The highest BCUT2D eigenvalue weighted by molar-refractivity contribution is 7.92. The van der Waals surface area contributed by atoms with Crippen molar-refractivity contribution >= 4 is 26.9 Å². The van der Waals surface area contributed by atoms with E-state index in [1.807, 2.05) is 0 Å². The summed E-state index contributed by atoms with van der Waals surface area (Å²) >= 11 is 0. The highest BCUT2D eigenvalue weighted by atomic mass is 32.2. The predicted octanol–water partition coefficient (Wildman–Crippen LogP) is 3.01. The Hall–Kier alpha value is -3.37. The zero-order valence-corrected chi connectivity index (χ0v) is 17.4. The fourth-order valence-corrected chi connectivity index (χ4v) is 5.37. The minimum atomic E-state index is -3.65. The molecule has 1 fully saturated rings. The second kappa shape index (κ2) is 8.78. The number of nitrogens with one attached hydrogen (secondary N) is 2. The minimum Gasteiger partial charge on any atom is -0.467 e. The van der Waals surface area contributed by atoms with Crippen LogP contribution in [-0.2, 0) is 16.4 Å². The number of hydrogen-bond acceptors (Lipinski definition) is 8. The minimum absolute atomic E-state index is 0.0899. The van der Waals surface area contributed by atoms with E-state index in [9.17, 15) is 18.5 Å². The number of benzene rings is 2. The first-order valence-electron chi connectivity index (χ1n) is 9.78. The van der Waals surface area contributed by atoms with E-state index < -0.39 is 20.1 Å². The van der Waals surface area contributed by atoms with Crippen molar-refractivity contribution < 1.29 is 17.8 Å². The van der Waals surface area contributed by atoms with Crippen molar-refractivity contribution in [3.63, 3.8) is 0 Å². The molecule has 0 bridgehead atoms. The summed E-state index contributed by atoms with van der Waals surface area (Å²) in [7, 11) is -3.65. The standard InChI is InChI=1S/C21H22N4O5S/c26-25(27)20-9-8-16(13-19(20)23-14-17-5-4-12-30-17)24-11-10-22-15-21(24)31(28,29)18-6-2-1-3-7-18/h1-9,12-13,21-23H,10-11,14-15H2. The number of rotatable bonds is 7. The van der Waals surface area contributed by atoms with Gasteiger partial charge in [-0.15, -0.1) is 0 Å². The third kappa shape index (κ3) is 4.39. The molecule has 0 aliphatic carbocycles. The first-order valence-corrected chi connectivity index (χ1v) is 11.3. The number of nitrogens with zero attached hydrogens (tertiary/aromatic N) is 2. The molecule has 1 aliphatic rings. The first-order chi connectivity index (χ1) is 15.0. The molecule has 1 aromatic heterocycles. The van der Waals surface area contributed by atoms with Gasteiger partial charge in [-0.05, 0) is 36.4 Å². The van der Waals surface area contributed by atoms with Gasteiger partial charge in [0, 0.05) is 31.4 Å². The molecular weight excluding hydrogens is 420 g/mol.